The predicted molar refractivity (Wildman–Crippen MR) is 67.5 cm³/mol. The second-order valence-corrected chi connectivity index (χ2v) is 3.69. The van der Waals surface area contributed by atoms with Crippen LogP contribution in [0, 0.1) is 12.3 Å². The molecule has 0 aliphatic rings. The molecule has 98 valence electrons. The number of hydrogen-bond donors (Lipinski definition) is 1. The highest BCUT2D eigenvalue weighted by Crippen LogP contribution is 2.33. The zero-order valence-electron chi connectivity index (χ0n) is 9.88. The van der Waals surface area contributed by atoms with Crippen molar-refractivity contribution in [3.05, 3.63) is 30.6 Å². The molecule has 2 aromatic rings. The summed E-state index contributed by atoms with van der Waals surface area (Å²) in [5, 5.41) is 0. The second-order valence-electron chi connectivity index (χ2n) is 3.69. The summed E-state index contributed by atoms with van der Waals surface area (Å²) in [6, 6.07) is 6.32. The summed E-state index contributed by atoms with van der Waals surface area (Å²) in [5.41, 5.74) is 6.65. The number of imidazole rings is 1. The lowest BCUT2D eigenvalue weighted by molar-refractivity contribution is -0.0494. The fourth-order valence-electron chi connectivity index (χ4n) is 1.68. The fraction of sp³-hybridized carbons (Fsp3) is 0.154. The molecule has 0 bridgehead atoms. The Morgan fingerprint density at radius 1 is 1.42 bits per heavy atom. The smallest absolute Gasteiger partial charge is 0.387 e. The van der Waals surface area contributed by atoms with Crippen molar-refractivity contribution < 1.29 is 13.5 Å². The largest absolute Gasteiger partial charge is 0.434 e. The van der Waals surface area contributed by atoms with Gasteiger partial charge in [-0.05, 0) is 12.1 Å². The van der Waals surface area contributed by atoms with Gasteiger partial charge in [-0.3, -0.25) is 0 Å². The van der Waals surface area contributed by atoms with Crippen molar-refractivity contribution in [3.63, 3.8) is 0 Å². The van der Waals surface area contributed by atoms with Gasteiger partial charge in [0.2, 0.25) is 0 Å². The molecular weight excluding hydrogens is 252 g/mol. The number of nitrogens with zero attached hydrogens (tertiary/aromatic N) is 2. The maximum absolute atomic E-state index is 12.3. The molecule has 0 saturated heterocycles. The van der Waals surface area contributed by atoms with Crippen LogP contribution in [-0.2, 0) is 6.54 Å². The molecule has 0 aliphatic carbocycles. The molecule has 6 heteroatoms. The van der Waals surface area contributed by atoms with E-state index in [-0.39, 0.29) is 12.3 Å². The molecule has 0 amide bonds. The molecule has 2 N–H and O–H groups in total. The van der Waals surface area contributed by atoms with Gasteiger partial charge in [0.05, 0.1) is 12.9 Å². The van der Waals surface area contributed by atoms with Gasteiger partial charge >= 0.3 is 6.61 Å². The first kappa shape index (κ1) is 12.9. The molecule has 0 spiro atoms. The molecular formula is C13H11F2N3O. The third-order valence-corrected chi connectivity index (χ3v) is 2.50. The van der Waals surface area contributed by atoms with Crippen LogP contribution in [0.1, 0.15) is 0 Å². The van der Waals surface area contributed by atoms with E-state index in [1.807, 2.05) is 0 Å². The van der Waals surface area contributed by atoms with Gasteiger partial charge in [0, 0.05) is 5.56 Å². The molecule has 2 rings (SSSR count). The number of hydrogen-bond acceptors (Lipinski definition) is 3. The number of anilines is 1. The first-order valence-corrected chi connectivity index (χ1v) is 5.41. The van der Waals surface area contributed by atoms with E-state index in [0.29, 0.717) is 17.1 Å². The summed E-state index contributed by atoms with van der Waals surface area (Å²) in [7, 11) is 0. The minimum absolute atomic E-state index is 0.0233. The highest BCUT2D eigenvalue weighted by atomic mass is 19.3. The lowest BCUT2D eigenvalue weighted by atomic mass is 10.1. The average Bonchev–Trinajstić information content (AvgIpc) is 2.72. The van der Waals surface area contributed by atoms with Crippen LogP contribution in [0.25, 0.3) is 11.3 Å². The molecule has 0 fully saturated rings. The van der Waals surface area contributed by atoms with E-state index in [1.165, 1.54) is 12.4 Å². The van der Waals surface area contributed by atoms with Gasteiger partial charge in [-0.1, -0.05) is 18.1 Å². The maximum atomic E-state index is 12.3. The summed E-state index contributed by atoms with van der Waals surface area (Å²) in [6.45, 7) is -2.65. The molecule has 1 aromatic carbocycles. The number of terminal acetylenes is 1. The number of benzene rings is 1. The summed E-state index contributed by atoms with van der Waals surface area (Å²) in [6.07, 6.45) is 6.66. The summed E-state index contributed by atoms with van der Waals surface area (Å²) < 4.78 is 30.7. The highest BCUT2D eigenvalue weighted by Gasteiger charge is 2.16. The quantitative estimate of drug-likeness (QED) is 0.861. The third-order valence-electron chi connectivity index (χ3n) is 2.50. The summed E-state index contributed by atoms with van der Waals surface area (Å²) in [4.78, 5) is 4.09. The van der Waals surface area contributed by atoms with Crippen LogP contribution in [0.4, 0.5) is 14.6 Å². The molecule has 0 atom stereocenters. The standard InChI is InChI=1S/C13H11F2N3O/c1-2-7-18-8-17-11(12(18)16)9-5-3-4-6-10(9)19-13(14)15/h1,3-6,8,13H,7,16H2. The lowest BCUT2D eigenvalue weighted by Gasteiger charge is -2.09. The van der Waals surface area contributed by atoms with Crippen LogP contribution >= 0.6 is 0 Å². The Balaban J connectivity index is 2.45. The van der Waals surface area contributed by atoms with Crippen molar-refractivity contribution in [3.8, 4) is 29.4 Å². The highest BCUT2D eigenvalue weighted by molar-refractivity contribution is 5.75. The van der Waals surface area contributed by atoms with Crippen molar-refractivity contribution in [2.24, 2.45) is 0 Å². The monoisotopic (exact) mass is 263 g/mol. The fourth-order valence-corrected chi connectivity index (χ4v) is 1.68. The minimum atomic E-state index is -2.91. The van der Waals surface area contributed by atoms with Gasteiger partial charge in [0.15, 0.2) is 0 Å². The first-order chi connectivity index (χ1) is 9.13. The van der Waals surface area contributed by atoms with Gasteiger partial charge < -0.3 is 15.0 Å². The van der Waals surface area contributed by atoms with E-state index in [9.17, 15) is 8.78 Å². The van der Waals surface area contributed by atoms with Crippen LogP contribution in [0.15, 0.2) is 30.6 Å². The molecule has 0 radical (unpaired) electrons. The van der Waals surface area contributed by atoms with Crippen LogP contribution in [0.3, 0.4) is 0 Å². The van der Waals surface area contributed by atoms with Crippen LogP contribution in [0.5, 0.6) is 5.75 Å². The second kappa shape index (κ2) is 5.40. The number of halogens is 2. The number of nitrogen functional groups attached to an aromatic ring is 1. The average molecular weight is 263 g/mol. The van der Waals surface area contributed by atoms with Gasteiger partial charge in [-0.15, -0.1) is 6.42 Å². The normalized spacial score (nSPS) is 10.4. The molecule has 0 saturated carbocycles. The van der Waals surface area contributed by atoms with Crippen LogP contribution < -0.4 is 10.5 Å². The Kier molecular flexibility index (Phi) is 3.66. The third kappa shape index (κ3) is 2.65. The number of ether oxygens (including phenoxy) is 1. The Morgan fingerprint density at radius 3 is 2.84 bits per heavy atom. The Hall–Kier alpha value is -2.55. The van der Waals surface area contributed by atoms with Gasteiger partial charge in [0.25, 0.3) is 0 Å². The van der Waals surface area contributed by atoms with E-state index < -0.39 is 6.61 Å². The molecule has 4 nitrogen and oxygen atoms in total. The molecule has 0 unspecified atom stereocenters. The number of rotatable bonds is 4. The van der Waals surface area contributed by atoms with Gasteiger partial charge in [-0.25, -0.2) is 4.98 Å². The zero-order chi connectivity index (χ0) is 13.8. The lowest BCUT2D eigenvalue weighted by Crippen LogP contribution is -2.04. The molecule has 19 heavy (non-hydrogen) atoms. The van der Waals surface area contributed by atoms with Crippen molar-refractivity contribution in [1.29, 1.82) is 0 Å². The summed E-state index contributed by atoms with van der Waals surface area (Å²) in [5.74, 6) is 2.76. The van der Waals surface area contributed by atoms with Crippen molar-refractivity contribution in [1.82, 2.24) is 9.55 Å². The predicted octanol–water partition coefficient (Wildman–Crippen LogP) is 2.37. The molecule has 1 heterocycles. The Bertz CT molecular complexity index is 617. The van der Waals surface area contributed by atoms with Gasteiger partial charge in [-0.2, -0.15) is 8.78 Å². The van der Waals surface area contributed by atoms with E-state index in [4.69, 9.17) is 12.2 Å². The topological polar surface area (TPSA) is 53.1 Å². The zero-order valence-corrected chi connectivity index (χ0v) is 9.88. The molecule has 1 aromatic heterocycles. The van der Waals surface area contributed by atoms with E-state index >= 15 is 0 Å². The van der Waals surface area contributed by atoms with E-state index in [1.54, 1.807) is 22.8 Å². The van der Waals surface area contributed by atoms with Crippen LogP contribution in [0.2, 0.25) is 0 Å². The SMILES string of the molecule is C#CCn1cnc(-c2ccccc2OC(F)F)c1N. The van der Waals surface area contributed by atoms with E-state index in [0.717, 1.165) is 0 Å². The van der Waals surface area contributed by atoms with Crippen molar-refractivity contribution in [2.45, 2.75) is 13.2 Å². The Morgan fingerprint density at radius 2 is 2.16 bits per heavy atom. The number of para-hydroxylation sites is 1. The van der Waals surface area contributed by atoms with Gasteiger partial charge in [0.1, 0.15) is 17.3 Å². The van der Waals surface area contributed by atoms with Crippen molar-refractivity contribution >= 4 is 5.82 Å². The maximum Gasteiger partial charge on any atom is 0.387 e. The number of alkyl halides is 2. The number of nitrogens with two attached hydrogens (primary N) is 1. The minimum Gasteiger partial charge on any atom is -0.434 e. The van der Waals surface area contributed by atoms with E-state index in [2.05, 4.69) is 15.6 Å². The number of aromatic nitrogens is 2. The van der Waals surface area contributed by atoms with Crippen molar-refractivity contribution in [2.75, 3.05) is 5.73 Å². The Labute approximate surface area is 108 Å². The molecule has 0 aliphatic heterocycles. The van der Waals surface area contributed by atoms with Crippen LogP contribution in [-0.4, -0.2) is 16.2 Å². The first-order valence-electron chi connectivity index (χ1n) is 5.41. The summed E-state index contributed by atoms with van der Waals surface area (Å²) >= 11 is 0.